The molecule has 0 aromatic heterocycles. The van der Waals surface area contributed by atoms with Crippen molar-refractivity contribution in [2.24, 2.45) is 22.8 Å². The zero-order valence-electron chi connectivity index (χ0n) is 10.9. The van der Waals surface area contributed by atoms with E-state index < -0.39 is 12.1 Å². The molecule has 17 heavy (non-hydrogen) atoms. The van der Waals surface area contributed by atoms with E-state index in [2.05, 4.69) is 31.4 Å². The van der Waals surface area contributed by atoms with E-state index in [0.717, 1.165) is 12.8 Å². The zero-order valence-corrected chi connectivity index (χ0v) is 10.9. The number of primary amides is 2. The fourth-order valence-electron chi connectivity index (χ4n) is 1.89. The minimum atomic E-state index is -0.499. The largest absolute Gasteiger partial charge is 0.352 e. The molecular formula is C11H24N4O2. The van der Waals surface area contributed by atoms with Gasteiger partial charge in [-0.3, -0.25) is 0 Å². The number of hydrogen-bond donors (Lipinski definition) is 4. The number of urea groups is 2. The number of rotatable bonds is 7. The molecular weight excluding hydrogens is 220 g/mol. The fourth-order valence-corrected chi connectivity index (χ4v) is 1.89. The summed E-state index contributed by atoms with van der Waals surface area (Å²) in [5.41, 5.74) is 10.00. The van der Waals surface area contributed by atoms with Gasteiger partial charge in [0.05, 0.1) is 0 Å². The summed E-state index contributed by atoms with van der Waals surface area (Å²) in [6.45, 7) is 7.38. The molecule has 0 bridgehead atoms. The van der Waals surface area contributed by atoms with Gasteiger partial charge in [-0.2, -0.15) is 0 Å². The molecule has 0 saturated heterocycles. The zero-order chi connectivity index (χ0) is 13.5. The summed E-state index contributed by atoms with van der Waals surface area (Å²) in [6.07, 6.45) is 1.80. The van der Waals surface area contributed by atoms with Crippen molar-refractivity contribution < 1.29 is 9.59 Å². The number of hydrogen-bond acceptors (Lipinski definition) is 2. The van der Waals surface area contributed by atoms with E-state index in [0.29, 0.717) is 19.0 Å². The normalized spacial score (nSPS) is 12.9. The van der Waals surface area contributed by atoms with E-state index in [4.69, 9.17) is 11.5 Å². The lowest BCUT2D eigenvalue weighted by Gasteiger charge is -2.28. The van der Waals surface area contributed by atoms with E-state index in [1.807, 2.05) is 0 Å². The van der Waals surface area contributed by atoms with Gasteiger partial charge in [0.25, 0.3) is 0 Å². The average molecular weight is 244 g/mol. The minimum absolute atomic E-state index is 0.0127. The third kappa shape index (κ3) is 9.47. The molecule has 6 nitrogen and oxygen atoms in total. The third-order valence-electron chi connectivity index (χ3n) is 2.58. The van der Waals surface area contributed by atoms with Gasteiger partial charge in [-0.05, 0) is 24.2 Å². The summed E-state index contributed by atoms with van der Waals surface area (Å²) in [5.74, 6) is 0.437. The smallest absolute Gasteiger partial charge is 0.312 e. The van der Waals surface area contributed by atoms with Crippen LogP contribution in [-0.2, 0) is 0 Å². The second-order valence-corrected chi connectivity index (χ2v) is 5.27. The predicted octanol–water partition coefficient (Wildman–Crippen LogP) is 0.766. The molecule has 4 amide bonds. The Morgan fingerprint density at radius 2 is 1.71 bits per heavy atom. The van der Waals surface area contributed by atoms with Crippen molar-refractivity contribution in [3.05, 3.63) is 0 Å². The SMILES string of the molecule is CC(CCNC(N)=O)CC(C)(C)CNC(N)=O. The van der Waals surface area contributed by atoms with Crippen LogP contribution < -0.4 is 22.1 Å². The summed E-state index contributed by atoms with van der Waals surface area (Å²) < 4.78 is 0. The molecule has 0 aliphatic rings. The summed E-state index contributed by atoms with van der Waals surface area (Å²) in [7, 11) is 0. The van der Waals surface area contributed by atoms with Crippen LogP contribution in [0.3, 0.4) is 0 Å². The standard InChI is InChI=1S/C11H24N4O2/c1-8(4-5-14-9(12)16)6-11(2,3)7-15-10(13)17/h8H,4-7H2,1-3H3,(H3,12,14,16)(H3,13,15,17). The Hall–Kier alpha value is -1.46. The van der Waals surface area contributed by atoms with Crippen LogP contribution in [0.5, 0.6) is 0 Å². The van der Waals surface area contributed by atoms with Crippen LogP contribution in [0.15, 0.2) is 0 Å². The molecule has 0 radical (unpaired) electrons. The molecule has 1 unspecified atom stereocenters. The molecule has 0 aromatic rings. The topological polar surface area (TPSA) is 110 Å². The summed E-state index contributed by atoms with van der Waals surface area (Å²) >= 11 is 0. The number of amides is 4. The molecule has 6 N–H and O–H groups in total. The maximum atomic E-state index is 10.6. The first-order chi connectivity index (χ1) is 7.73. The molecule has 100 valence electrons. The number of nitrogens with two attached hydrogens (primary N) is 2. The van der Waals surface area contributed by atoms with Gasteiger partial charge >= 0.3 is 12.1 Å². The highest BCUT2D eigenvalue weighted by molar-refractivity contribution is 5.71. The van der Waals surface area contributed by atoms with Crippen molar-refractivity contribution >= 4 is 12.1 Å². The fraction of sp³-hybridized carbons (Fsp3) is 0.818. The first-order valence-electron chi connectivity index (χ1n) is 5.79. The van der Waals surface area contributed by atoms with Gasteiger partial charge < -0.3 is 22.1 Å². The van der Waals surface area contributed by atoms with Crippen molar-refractivity contribution in [1.29, 1.82) is 0 Å². The van der Waals surface area contributed by atoms with Crippen molar-refractivity contribution in [2.75, 3.05) is 13.1 Å². The van der Waals surface area contributed by atoms with Gasteiger partial charge in [-0.1, -0.05) is 20.8 Å². The predicted molar refractivity (Wildman–Crippen MR) is 67.4 cm³/mol. The van der Waals surface area contributed by atoms with Crippen molar-refractivity contribution in [3.63, 3.8) is 0 Å². The first kappa shape index (κ1) is 15.5. The molecule has 0 saturated carbocycles. The van der Waals surface area contributed by atoms with E-state index in [1.165, 1.54) is 0 Å². The van der Waals surface area contributed by atoms with Gasteiger partial charge in [0.15, 0.2) is 0 Å². The average Bonchev–Trinajstić information content (AvgIpc) is 2.13. The highest BCUT2D eigenvalue weighted by Crippen LogP contribution is 2.25. The minimum Gasteiger partial charge on any atom is -0.352 e. The van der Waals surface area contributed by atoms with Gasteiger partial charge in [0, 0.05) is 13.1 Å². The lowest BCUT2D eigenvalue weighted by molar-refractivity contribution is 0.228. The quantitative estimate of drug-likeness (QED) is 0.530. The molecule has 0 aliphatic carbocycles. The van der Waals surface area contributed by atoms with Crippen LogP contribution in [0.2, 0.25) is 0 Å². The van der Waals surface area contributed by atoms with Crippen LogP contribution in [0.25, 0.3) is 0 Å². The van der Waals surface area contributed by atoms with Crippen molar-refractivity contribution in [2.45, 2.75) is 33.6 Å². The summed E-state index contributed by atoms with van der Waals surface area (Å²) in [6, 6.07) is -0.993. The van der Waals surface area contributed by atoms with Crippen LogP contribution >= 0.6 is 0 Å². The van der Waals surface area contributed by atoms with E-state index >= 15 is 0 Å². The van der Waals surface area contributed by atoms with E-state index in [1.54, 1.807) is 0 Å². The molecule has 6 heteroatoms. The number of carbonyl (C=O) groups is 2. The molecule has 0 aliphatic heterocycles. The first-order valence-corrected chi connectivity index (χ1v) is 5.79. The monoisotopic (exact) mass is 244 g/mol. The number of nitrogens with one attached hydrogen (secondary N) is 2. The molecule has 0 rings (SSSR count). The molecule has 0 aromatic carbocycles. The molecule has 0 fully saturated rings. The highest BCUT2D eigenvalue weighted by Gasteiger charge is 2.21. The molecule has 0 spiro atoms. The van der Waals surface area contributed by atoms with E-state index in [-0.39, 0.29) is 5.41 Å². The summed E-state index contributed by atoms with van der Waals surface area (Å²) in [5, 5.41) is 5.18. The van der Waals surface area contributed by atoms with Crippen LogP contribution in [0.1, 0.15) is 33.6 Å². The summed E-state index contributed by atoms with van der Waals surface area (Å²) in [4.78, 5) is 21.1. The van der Waals surface area contributed by atoms with Crippen molar-refractivity contribution in [3.8, 4) is 0 Å². The Kier molecular flexibility index (Phi) is 6.38. The molecule has 1 atom stereocenters. The lowest BCUT2D eigenvalue weighted by Crippen LogP contribution is -2.38. The molecule has 0 heterocycles. The van der Waals surface area contributed by atoms with Crippen LogP contribution in [-0.4, -0.2) is 25.2 Å². The second kappa shape index (κ2) is 6.98. The van der Waals surface area contributed by atoms with Crippen molar-refractivity contribution in [1.82, 2.24) is 10.6 Å². The van der Waals surface area contributed by atoms with Gasteiger partial charge in [-0.25, -0.2) is 9.59 Å². The Balaban J connectivity index is 3.87. The maximum Gasteiger partial charge on any atom is 0.312 e. The van der Waals surface area contributed by atoms with Gasteiger partial charge in [0.1, 0.15) is 0 Å². The highest BCUT2D eigenvalue weighted by atomic mass is 16.2. The van der Waals surface area contributed by atoms with E-state index in [9.17, 15) is 9.59 Å². The Morgan fingerprint density at radius 3 is 2.18 bits per heavy atom. The Labute approximate surface area is 102 Å². The van der Waals surface area contributed by atoms with Gasteiger partial charge in [0.2, 0.25) is 0 Å². The van der Waals surface area contributed by atoms with Crippen LogP contribution in [0, 0.1) is 11.3 Å². The number of carbonyl (C=O) groups excluding carboxylic acids is 2. The second-order valence-electron chi connectivity index (χ2n) is 5.27. The maximum absolute atomic E-state index is 10.6. The van der Waals surface area contributed by atoms with Gasteiger partial charge in [-0.15, -0.1) is 0 Å². The Bertz CT molecular complexity index is 266. The third-order valence-corrected chi connectivity index (χ3v) is 2.58. The lowest BCUT2D eigenvalue weighted by atomic mass is 9.82. The Morgan fingerprint density at radius 1 is 1.18 bits per heavy atom. The van der Waals surface area contributed by atoms with Crippen LogP contribution in [0.4, 0.5) is 9.59 Å².